The van der Waals surface area contributed by atoms with E-state index in [1.165, 1.54) is 18.4 Å². The average Bonchev–Trinajstić information content (AvgIpc) is 2.99. The van der Waals surface area contributed by atoms with Crippen LogP contribution in [-0.2, 0) is 11.2 Å². The predicted molar refractivity (Wildman–Crippen MR) is 77.3 cm³/mol. The molecule has 5 heteroatoms. The van der Waals surface area contributed by atoms with E-state index in [1.807, 2.05) is 12.1 Å². The quantitative estimate of drug-likeness (QED) is 0.796. The molecule has 0 atom stereocenters. The first-order valence-electron chi connectivity index (χ1n) is 6.35. The molecule has 0 amide bonds. The van der Waals surface area contributed by atoms with Crippen LogP contribution in [0.2, 0.25) is 0 Å². The molecule has 0 saturated heterocycles. The van der Waals surface area contributed by atoms with Crippen LogP contribution in [0.5, 0.6) is 5.75 Å². The molecule has 1 aromatic carbocycles. The number of methoxy groups -OCH3 is 1. The molecule has 0 saturated carbocycles. The van der Waals surface area contributed by atoms with Crippen molar-refractivity contribution in [3.05, 3.63) is 35.0 Å². The zero-order chi connectivity index (χ0) is 14.3. The number of carbonyl (C=O) groups excluding carboxylic acids is 1. The topological polar surface area (TPSA) is 48.4 Å². The zero-order valence-corrected chi connectivity index (χ0v) is 12.4. The van der Waals surface area contributed by atoms with Gasteiger partial charge in [0.2, 0.25) is 0 Å². The summed E-state index contributed by atoms with van der Waals surface area (Å²) < 4.78 is 10.8. The number of benzene rings is 1. The van der Waals surface area contributed by atoms with Gasteiger partial charge in [-0.2, -0.15) is 0 Å². The molecule has 2 aromatic rings. The van der Waals surface area contributed by atoms with Crippen molar-refractivity contribution in [2.45, 2.75) is 25.9 Å². The molecule has 4 nitrogen and oxygen atoms in total. The number of thiazole rings is 1. The van der Waals surface area contributed by atoms with Crippen molar-refractivity contribution in [3.8, 4) is 16.2 Å². The molecule has 1 aliphatic rings. The van der Waals surface area contributed by atoms with Gasteiger partial charge >= 0.3 is 5.97 Å². The van der Waals surface area contributed by atoms with Crippen molar-refractivity contribution in [1.82, 2.24) is 4.98 Å². The fraction of sp³-hybridized carbons (Fsp3) is 0.333. The lowest BCUT2D eigenvalue weighted by molar-refractivity contribution is 0.0596. The first kappa shape index (κ1) is 13.1. The van der Waals surface area contributed by atoms with Crippen molar-refractivity contribution in [1.29, 1.82) is 0 Å². The average molecular weight is 289 g/mol. The van der Waals surface area contributed by atoms with Crippen LogP contribution in [0.15, 0.2) is 23.7 Å². The summed E-state index contributed by atoms with van der Waals surface area (Å²) in [6.07, 6.45) is 0.864. The Balaban J connectivity index is 2.12. The van der Waals surface area contributed by atoms with Crippen LogP contribution in [0.4, 0.5) is 0 Å². The molecular formula is C15H15NO3S. The first-order chi connectivity index (χ1) is 9.52. The SMILES string of the molecule is COC(=O)c1ncsc1-c1cccc2c1OC(C)(C)C2. The summed E-state index contributed by atoms with van der Waals surface area (Å²) in [5.41, 5.74) is 3.86. The maximum absolute atomic E-state index is 11.8. The van der Waals surface area contributed by atoms with Crippen molar-refractivity contribution in [3.63, 3.8) is 0 Å². The third kappa shape index (κ3) is 2.08. The minimum Gasteiger partial charge on any atom is -0.487 e. The van der Waals surface area contributed by atoms with Gasteiger partial charge in [0.15, 0.2) is 5.69 Å². The summed E-state index contributed by atoms with van der Waals surface area (Å²) in [5.74, 6) is 0.433. The summed E-state index contributed by atoms with van der Waals surface area (Å²) in [7, 11) is 1.36. The van der Waals surface area contributed by atoms with E-state index in [0.29, 0.717) is 5.69 Å². The van der Waals surface area contributed by atoms with Gasteiger partial charge in [-0.3, -0.25) is 0 Å². The molecule has 20 heavy (non-hydrogen) atoms. The number of para-hydroxylation sites is 1. The lowest BCUT2D eigenvalue weighted by Crippen LogP contribution is -2.24. The number of nitrogens with zero attached hydrogens (tertiary/aromatic N) is 1. The van der Waals surface area contributed by atoms with E-state index < -0.39 is 5.97 Å². The molecule has 2 heterocycles. The number of fused-ring (bicyclic) bond motifs is 1. The molecule has 0 fully saturated rings. The van der Waals surface area contributed by atoms with E-state index >= 15 is 0 Å². The summed E-state index contributed by atoms with van der Waals surface area (Å²) in [6.45, 7) is 4.12. The van der Waals surface area contributed by atoms with E-state index in [1.54, 1.807) is 5.51 Å². The number of carbonyl (C=O) groups is 1. The number of aromatic nitrogens is 1. The Labute approximate surface area is 121 Å². The number of hydrogen-bond acceptors (Lipinski definition) is 5. The number of rotatable bonds is 2. The van der Waals surface area contributed by atoms with Crippen LogP contribution < -0.4 is 4.74 Å². The van der Waals surface area contributed by atoms with Crippen molar-refractivity contribution >= 4 is 17.3 Å². The van der Waals surface area contributed by atoms with E-state index in [-0.39, 0.29) is 5.60 Å². The fourth-order valence-corrected chi connectivity index (χ4v) is 3.27. The van der Waals surface area contributed by atoms with Crippen LogP contribution in [0.3, 0.4) is 0 Å². The van der Waals surface area contributed by atoms with Crippen LogP contribution in [-0.4, -0.2) is 23.7 Å². The first-order valence-corrected chi connectivity index (χ1v) is 7.23. The Morgan fingerprint density at radius 2 is 2.25 bits per heavy atom. The van der Waals surface area contributed by atoms with Gasteiger partial charge in [0.05, 0.1) is 17.5 Å². The minimum atomic E-state index is -0.420. The number of esters is 1. The molecule has 0 radical (unpaired) electrons. The molecule has 0 aliphatic carbocycles. The third-order valence-electron chi connectivity index (χ3n) is 3.28. The standard InChI is InChI=1S/C15H15NO3S/c1-15(2)7-9-5-4-6-10(12(9)19-15)13-11(14(17)18-3)16-8-20-13/h4-6,8H,7H2,1-3H3. The molecule has 0 N–H and O–H groups in total. The predicted octanol–water partition coefficient (Wildman–Crippen LogP) is 3.31. The van der Waals surface area contributed by atoms with Crippen LogP contribution in [0.1, 0.15) is 29.9 Å². The normalized spacial score (nSPS) is 15.6. The van der Waals surface area contributed by atoms with E-state index in [2.05, 4.69) is 24.9 Å². The Hall–Kier alpha value is -1.88. The highest BCUT2D eigenvalue weighted by atomic mass is 32.1. The van der Waals surface area contributed by atoms with Gasteiger partial charge in [0.1, 0.15) is 11.4 Å². The van der Waals surface area contributed by atoms with Gasteiger partial charge in [0, 0.05) is 12.0 Å². The van der Waals surface area contributed by atoms with Crippen molar-refractivity contribution in [2.75, 3.05) is 7.11 Å². The largest absolute Gasteiger partial charge is 0.487 e. The highest BCUT2D eigenvalue weighted by Gasteiger charge is 2.33. The van der Waals surface area contributed by atoms with Gasteiger partial charge in [0.25, 0.3) is 0 Å². The van der Waals surface area contributed by atoms with Gasteiger partial charge in [-0.15, -0.1) is 11.3 Å². The van der Waals surface area contributed by atoms with E-state index in [4.69, 9.17) is 9.47 Å². The van der Waals surface area contributed by atoms with Crippen molar-refractivity contribution in [2.24, 2.45) is 0 Å². The maximum Gasteiger partial charge on any atom is 0.358 e. The van der Waals surface area contributed by atoms with Gasteiger partial charge in [-0.1, -0.05) is 12.1 Å². The molecule has 0 unspecified atom stereocenters. The smallest absolute Gasteiger partial charge is 0.358 e. The van der Waals surface area contributed by atoms with Crippen LogP contribution >= 0.6 is 11.3 Å². The van der Waals surface area contributed by atoms with Crippen LogP contribution in [0.25, 0.3) is 10.4 Å². The molecular weight excluding hydrogens is 274 g/mol. The molecule has 1 aliphatic heterocycles. The van der Waals surface area contributed by atoms with Crippen LogP contribution in [0, 0.1) is 0 Å². The lowest BCUT2D eigenvalue weighted by atomic mass is 10.00. The highest BCUT2D eigenvalue weighted by Crippen LogP contribution is 2.44. The summed E-state index contributed by atoms with van der Waals surface area (Å²) >= 11 is 1.42. The molecule has 0 bridgehead atoms. The Morgan fingerprint density at radius 1 is 1.45 bits per heavy atom. The highest BCUT2D eigenvalue weighted by molar-refractivity contribution is 7.13. The second-order valence-electron chi connectivity index (χ2n) is 5.35. The summed E-state index contributed by atoms with van der Waals surface area (Å²) in [4.78, 5) is 16.7. The second kappa shape index (κ2) is 4.59. The fourth-order valence-electron chi connectivity index (χ4n) is 2.47. The molecule has 3 rings (SSSR count). The number of hydrogen-bond donors (Lipinski definition) is 0. The maximum atomic E-state index is 11.8. The van der Waals surface area contributed by atoms with Gasteiger partial charge in [-0.05, 0) is 25.5 Å². The monoisotopic (exact) mass is 289 g/mol. The Bertz CT molecular complexity index is 676. The van der Waals surface area contributed by atoms with Crippen molar-refractivity contribution < 1.29 is 14.3 Å². The molecule has 104 valence electrons. The summed E-state index contributed by atoms with van der Waals surface area (Å²) in [6, 6.07) is 6.01. The minimum absolute atomic E-state index is 0.214. The van der Waals surface area contributed by atoms with Gasteiger partial charge < -0.3 is 9.47 Å². The Morgan fingerprint density at radius 3 is 3.00 bits per heavy atom. The zero-order valence-electron chi connectivity index (χ0n) is 11.6. The third-order valence-corrected chi connectivity index (χ3v) is 4.14. The number of ether oxygens (including phenoxy) is 2. The lowest BCUT2D eigenvalue weighted by Gasteiger charge is -2.18. The van der Waals surface area contributed by atoms with Gasteiger partial charge in [-0.25, -0.2) is 9.78 Å². The Kier molecular flexibility index (Phi) is 3.01. The second-order valence-corrected chi connectivity index (χ2v) is 6.21. The molecule has 0 spiro atoms. The van der Waals surface area contributed by atoms with E-state index in [0.717, 1.165) is 28.2 Å². The molecule has 1 aromatic heterocycles. The summed E-state index contributed by atoms with van der Waals surface area (Å²) in [5, 5.41) is 0. The van der Waals surface area contributed by atoms with E-state index in [9.17, 15) is 4.79 Å².